The van der Waals surface area contributed by atoms with Crippen molar-refractivity contribution in [2.45, 2.75) is 41.5 Å². The number of aromatic nitrogens is 1. The van der Waals surface area contributed by atoms with Gasteiger partial charge >= 0.3 is 0 Å². The summed E-state index contributed by atoms with van der Waals surface area (Å²) in [4.78, 5) is 29.4. The van der Waals surface area contributed by atoms with Crippen LogP contribution in [0, 0.1) is 0 Å². The summed E-state index contributed by atoms with van der Waals surface area (Å²) in [5, 5.41) is 13.0. The van der Waals surface area contributed by atoms with Gasteiger partial charge < -0.3 is 14.7 Å². The molecule has 1 amide bonds. The highest BCUT2D eigenvalue weighted by atomic mass is 32.2. The van der Waals surface area contributed by atoms with E-state index in [1.54, 1.807) is 22.6 Å². The van der Waals surface area contributed by atoms with E-state index in [0.29, 0.717) is 13.3 Å². The van der Waals surface area contributed by atoms with Gasteiger partial charge in [0.1, 0.15) is 25.1 Å². The molecule has 4 aliphatic rings. The molecule has 0 unspecified atom stereocenters. The van der Waals surface area contributed by atoms with Gasteiger partial charge in [0.25, 0.3) is 5.91 Å². The fourth-order valence-electron chi connectivity index (χ4n) is 5.97. The Balaban J connectivity index is 1.56. The highest BCUT2D eigenvalue weighted by Crippen LogP contribution is 2.48. The Kier molecular flexibility index (Phi) is 4.76. The topological polar surface area (TPSA) is 75.0 Å². The number of ether oxygens (including phenoxy) is 1. The minimum Gasteiger partial charge on any atom is -0.502 e. The van der Waals surface area contributed by atoms with Gasteiger partial charge in [0, 0.05) is 28.5 Å². The maximum atomic E-state index is 13.9. The minimum atomic E-state index is -0.555. The number of amides is 1. The lowest BCUT2D eigenvalue weighted by molar-refractivity contribution is 0.0255. The van der Waals surface area contributed by atoms with Gasteiger partial charge in [-0.1, -0.05) is 36.4 Å². The van der Waals surface area contributed by atoms with E-state index >= 15 is 0 Å². The lowest BCUT2D eigenvalue weighted by Crippen LogP contribution is -2.64. The third kappa shape index (κ3) is 3.00. The molecular weight excluding hydrogens is 474 g/mol. The van der Waals surface area contributed by atoms with E-state index < -0.39 is 16.7 Å². The molecule has 2 aromatic carbocycles. The highest BCUT2D eigenvalue weighted by molar-refractivity contribution is 7.98. The number of carbonyl (C=O) groups is 1. The largest absolute Gasteiger partial charge is 0.502 e. The first-order valence-corrected chi connectivity index (χ1v) is 13.2. The van der Waals surface area contributed by atoms with E-state index in [0.717, 1.165) is 52.4 Å². The number of aromatic hydroxyl groups is 1. The number of fused-ring (bicyclic) bond motifs is 8. The average Bonchev–Trinajstić information content (AvgIpc) is 3.04. The van der Waals surface area contributed by atoms with Crippen molar-refractivity contribution in [2.24, 2.45) is 0 Å². The summed E-state index contributed by atoms with van der Waals surface area (Å²) in [5.41, 5.74) is 2.30. The molecular formula is C28H25N3O4S. The van der Waals surface area contributed by atoms with Crippen LogP contribution in [-0.4, -0.2) is 39.4 Å². The Labute approximate surface area is 212 Å². The Morgan fingerprint density at radius 1 is 1.06 bits per heavy atom. The zero-order chi connectivity index (χ0) is 24.4. The van der Waals surface area contributed by atoms with Crippen molar-refractivity contribution in [3.63, 3.8) is 0 Å². The minimum absolute atomic E-state index is 0.0157. The fraction of sp³-hybridized carbons (Fsp3) is 0.286. The van der Waals surface area contributed by atoms with Crippen molar-refractivity contribution in [1.82, 2.24) is 9.58 Å². The summed E-state index contributed by atoms with van der Waals surface area (Å²) in [6.45, 7) is 0.716. The summed E-state index contributed by atoms with van der Waals surface area (Å²) < 4.78 is 8.05. The van der Waals surface area contributed by atoms with Crippen LogP contribution in [0.4, 0.5) is 0 Å². The van der Waals surface area contributed by atoms with Crippen molar-refractivity contribution in [3.8, 4) is 11.5 Å². The summed E-state index contributed by atoms with van der Waals surface area (Å²) in [5.74, 6) is 0.764. The maximum Gasteiger partial charge on any atom is 0.278 e. The first-order valence-electron chi connectivity index (χ1n) is 12.2. The van der Waals surface area contributed by atoms with E-state index in [1.165, 1.54) is 6.07 Å². The van der Waals surface area contributed by atoms with Gasteiger partial charge in [0.05, 0.1) is 5.54 Å². The molecule has 1 atom stereocenters. The zero-order valence-corrected chi connectivity index (χ0v) is 20.4. The molecule has 7 nitrogen and oxygen atoms in total. The van der Waals surface area contributed by atoms with Crippen LogP contribution in [0.25, 0.3) is 0 Å². The van der Waals surface area contributed by atoms with Crippen LogP contribution < -0.4 is 15.2 Å². The van der Waals surface area contributed by atoms with Crippen LogP contribution in [0.1, 0.15) is 52.5 Å². The van der Waals surface area contributed by atoms with Crippen LogP contribution >= 0.6 is 11.8 Å². The predicted octanol–water partition coefficient (Wildman–Crippen LogP) is 4.17. The van der Waals surface area contributed by atoms with Crippen LogP contribution in [0.15, 0.2) is 76.6 Å². The second kappa shape index (κ2) is 7.93. The monoisotopic (exact) mass is 499 g/mol. The third-order valence-corrected chi connectivity index (χ3v) is 9.05. The lowest BCUT2D eigenvalue weighted by atomic mass is 9.74. The predicted molar refractivity (Wildman–Crippen MR) is 137 cm³/mol. The van der Waals surface area contributed by atoms with E-state index in [9.17, 15) is 14.7 Å². The number of hydrogen-bond acceptors (Lipinski definition) is 6. The Morgan fingerprint density at radius 2 is 1.92 bits per heavy atom. The first-order chi connectivity index (χ1) is 17.6. The molecule has 0 radical (unpaired) electrons. The molecule has 182 valence electrons. The standard InChI is InChI=1S/C28H25N3O4S/c32-20-10-14-30-25(26(20)33)27(34)29-17-31(30)24-19-7-1-2-9-22(19)36-16-18-6-3-8-21(23(18)24)35-15-5-13-28(29)11-4-12-28/h1-3,5-10,13-14,24,33H,4,11-12,15-17H2/b13-5+/t24-/m0/s1. The molecule has 1 N–H and O–H groups in total. The molecule has 7 rings (SSSR count). The number of carbonyl (C=O) groups excluding carboxylic acids is 1. The number of nitrogens with zero attached hydrogens (tertiary/aromatic N) is 3. The number of benzene rings is 2. The van der Waals surface area contributed by atoms with Gasteiger partial charge in [-0.15, -0.1) is 11.8 Å². The molecule has 36 heavy (non-hydrogen) atoms. The Bertz CT molecular complexity index is 1490. The summed E-state index contributed by atoms with van der Waals surface area (Å²) in [7, 11) is 0. The molecule has 8 heteroatoms. The SMILES string of the molecule is O=C1c2c(O)c(=O)ccn2N2CN1C1(/C=C/COc3cccc4c3[C@@H]2c2ccccc2SC4)CCC1. The van der Waals surface area contributed by atoms with Crippen LogP contribution in [0.5, 0.6) is 11.5 Å². The first kappa shape index (κ1) is 21.6. The highest BCUT2D eigenvalue weighted by Gasteiger charge is 2.49. The van der Waals surface area contributed by atoms with Gasteiger partial charge in [-0.05, 0) is 48.6 Å². The normalized spacial score (nSPS) is 22.2. The fourth-order valence-corrected chi connectivity index (χ4v) is 7.05. The molecule has 1 aromatic heterocycles. The van der Waals surface area contributed by atoms with Gasteiger partial charge in [-0.25, -0.2) is 0 Å². The van der Waals surface area contributed by atoms with E-state index in [-0.39, 0.29) is 17.6 Å². The average molecular weight is 500 g/mol. The number of hydrogen-bond donors (Lipinski definition) is 1. The summed E-state index contributed by atoms with van der Waals surface area (Å²) in [6.07, 6.45) is 8.36. The van der Waals surface area contributed by atoms with Gasteiger partial charge in [-0.3, -0.25) is 19.3 Å². The summed E-state index contributed by atoms with van der Waals surface area (Å²) in [6, 6.07) is 15.5. The third-order valence-electron chi connectivity index (χ3n) is 7.91. The molecule has 1 saturated carbocycles. The van der Waals surface area contributed by atoms with E-state index in [1.807, 2.05) is 35.2 Å². The molecule has 0 saturated heterocycles. The molecule has 2 bridgehead atoms. The number of pyridine rings is 1. The number of thioether (sulfide) groups is 1. The van der Waals surface area contributed by atoms with Gasteiger partial charge in [-0.2, -0.15) is 0 Å². The lowest BCUT2D eigenvalue weighted by Gasteiger charge is -2.54. The van der Waals surface area contributed by atoms with Gasteiger partial charge in [0.2, 0.25) is 5.43 Å². The quantitative estimate of drug-likeness (QED) is 0.468. The molecule has 3 aliphatic heterocycles. The maximum absolute atomic E-state index is 13.9. The van der Waals surface area contributed by atoms with E-state index in [2.05, 4.69) is 29.3 Å². The molecule has 1 fully saturated rings. The van der Waals surface area contributed by atoms with Crippen LogP contribution in [0.3, 0.4) is 0 Å². The van der Waals surface area contributed by atoms with Gasteiger partial charge in [0.15, 0.2) is 11.4 Å². The van der Waals surface area contributed by atoms with Crippen molar-refractivity contribution in [3.05, 3.63) is 99.5 Å². The molecule has 1 aliphatic carbocycles. The molecule has 4 heterocycles. The second-order valence-corrected chi connectivity index (χ2v) is 10.8. The van der Waals surface area contributed by atoms with Crippen molar-refractivity contribution in [1.29, 1.82) is 0 Å². The van der Waals surface area contributed by atoms with Crippen molar-refractivity contribution < 1.29 is 14.6 Å². The molecule has 3 aromatic rings. The molecule has 1 spiro atoms. The Hall–Kier alpha value is -3.65. The summed E-state index contributed by atoms with van der Waals surface area (Å²) >= 11 is 1.78. The van der Waals surface area contributed by atoms with Crippen LogP contribution in [-0.2, 0) is 5.75 Å². The van der Waals surface area contributed by atoms with E-state index in [4.69, 9.17) is 4.74 Å². The van der Waals surface area contributed by atoms with Crippen molar-refractivity contribution in [2.75, 3.05) is 18.3 Å². The van der Waals surface area contributed by atoms with Crippen molar-refractivity contribution >= 4 is 17.7 Å². The second-order valence-electron chi connectivity index (χ2n) is 9.76. The smallest absolute Gasteiger partial charge is 0.278 e. The number of rotatable bonds is 0. The Morgan fingerprint density at radius 3 is 2.75 bits per heavy atom. The van der Waals surface area contributed by atoms with Crippen LogP contribution in [0.2, 0.25) is 0 Å². The zero-order valence-electron chi connectivity index (χ0n) is 19.6.